The third-order valence-corrected chi connectivity index (χ3v) is 10.0. The number of thioether (sulfide) groups is 1. The summed E-state index contributed by atoms with van der Waals surface area (Å²) < 4.78 is 0. The SMILES string of the molecule is O=C(CCCC[C@H]1CCCS1)NCCNC(=O)CCCC(=O)N(c1ccccc1)C1CCN(CCc2ccccc2)CC1. The van der Waals surface area contributed by atoms with Gasteiger partial charge in [0.25, 0.3) is 0 Å². The Hall–Kier alpha value is -2.84. The van der Waals surface area contributed by atoms with Crippen molar-refractivity contribution in [3.63, 3.8) is 0 Å². The highest BCUT2D eigenvalue weighted by molar-refractivity contribution is 8.00. The molecule has 2 aliphatic heterocycles. The van der Waals surface area contributed by atoms with E-state index in [4.69, 9.17) is 0 Å². The summed E-state index contributed by atoms with van der Waals surface area (Å²) in [4.78, 5) is 42.4. The molecular formula is C35H50N4O3S. The number of piperidine rings is 1. The molecule has 0 saturated carbocycles. The monoisotopic (exact) mass is 606 g/mol. The molecule has 234 valence electrons. The van der Waals surface area contributed by atoms with Crippen LogP contribution in [0.2, 0.25) is 0 Å². The summed E-state index contributed by atoms with van der Waals surface area (Å²) in [6.45, 7) is 3.85. The lowest BCUT2D eigenvalue weighted by Gasteiger charge is -2.38. The summed E-state index contributed by atoms with van der Waals surface area (Å²) in [6, 6.07) is 20.7. The Labute approximate surface area is 262 Å². The fourth-order valence-corrected chi connectivity index (χ4v) is 7.44. The molecule has 2 aliphatic rings. The highest BCUT2D eigenvalue weighted by Crippen LogP contribution is 2.30. The number of nitrogens with one attached hydrogen (secondary N) is 2. The van der Waals surface area contributed by atoms with Crippen molar-refractivity contribution in [1.29, 1.82) is 0 Å². The molecule has 4 rings (SSSR count). The van der Waals surface area contributed by atoms with Crippen LogP contribution >= 0.6 is 11.8 Å². The van der Waals surface area contributed by atoms with Gasteiger partial charge >= 0.3 is 0 Å². The third-order valence-electron chi connectivity index (χ3n) is 8.55. The lowest BCUT2D eigenvalue weighted by atomic mass is 10.0. The molecular weight excluding hydrogens is 556 g/mol. The summed E-state index contributed by atoms with van der Waals surface area (Å²) >= 11 is 2.07. The van der Waals surface area contributed by atoms with E-state index in [2.05, 4.69) is 57.6 Å². The first-order valence-electron chi connectivity index (χ1n) is 16.4. The number of nitrogens with zero attached hydrogens (tertiary/aromatic N) is 2. The maximum Gasteiger partial charge on any atom is 0.227 e. The van der Waals surface area contributed by atoms with E-state index in [-0.39, 0.29) is 23.8 Å². The van der Waals surface area contributed by atoms with Gasteiger partial charge in [0.15, 0.2) is 0 Å². The van der Waals surface area contributed by atoms with Crippen LogP contribution in [0.15, 0.2) is 60.7 Å². The number of hydrogen-bond acceptors (Lipinski definition) is 5. The number of benzene rings is 2. The zero-order valence-corrected chi connectivity index (χ0v) is 26.5. The molecule has 3 amide bonds. The minimum atomic E-state index is -0.0749. The van der Waals surface area contributed by atoms with Crippen molar-refractivity contribution in [2.45, 2.75) is 88.3 Å². The molecule has 2 aromatic carbocycles. The second-order valence-electron chi connectivity index (χ2n) is 11.8. The van der Waals surface area contributed by atoms with Crippen molar-refractivity contribution in [3.8, 4) is 0 Å². The Morgan fingerprint density at radius 1 is 0.791 bits per heavy atom. The van der Waals surface area contributed by atoms with Crippen LogP contribution in [-0.4, -0.2) is 72.4 Å². The molecule has 2 fully saturated rings. The zero-order chi connectivity index (χ0) is 30.1. The van der Waals surface area contributed by atoms with E-state index in [1.54, 1.807) is 0 Å². The van der Waals surface area contributed by atoms with Crippen molar-refractivity contribution in [2.24, 2.45) is 0 Å². The Kier molecular flexibility index (Phi) is 14.4. The Morgan fingerprint density at radius 3 is 2.09 bits per heavy atom. The van der Waals surface area contributed by atoms with E-state index in [1.807, 2.05) is 35.2 Å². The first-order valence-corrected chi connectivity index (χ1v) is 17.4. The molecule has 43 heavy (non-hydrogen) atoms. The smallest absolute Gasteiger partial charge is 0.227 e. The van der Waals surface area contributed by atoms with Crippen molar-refractivity contribution in [1.82, 2.24) is 15.5 Å². The molecule has 8 heteroatoms. The van der Waals surface area contributed by atoms with Gasteiger partial charge in [0.2, 0.25) is 17.7 Å². The summed E-state index contributed by atoms with van der Waals surface area (Å²) in [7, 11) is 0. The highest BCUT2D eigenvalue weighted by Gasteiger charge is 2.29. The van der Waals surface area contributed by atoms with Gasteiger partial charge < -0.3 is 20.4 Å². The predicted octanol–water partition coefficient (Wildman–Crippen LogP) is 5.59. The lowest BCUT2D eigenvalue weighted by Crippen LogP contribution is -2.48. The van der Waals surface area contributed by atoms with E-state index in [0.29, 0.717) is 38.8 Å². The van der Waals surface area contributed by atoms with Gasteiger partial charge in [-0.1, -0.05) is 55.0 Å². The normalized spacial score (nSPS) is 17.4. The van der Waals surface area contributed by atoms with Crippen LogP contribution in [0.3, 0.4) is 0 Å². The first kappa shape index (κ1) is 33.1. The molecule has 0 spiro atoms. The number of amides is 3. The van der Waals surface area contributed by atoms with Gasteiger partial charge in [-0.05, 0) is 74.8 Å². The van der Waals surface area contributed by atoms with Gasteiger partial charge in [-0.15, -0.1) is 0 Å². The van der Waals surface area contributed by atoms with Crippen LogP contribution < -0.4 is 15.5 Å². The standard InChI is InChI=1S/C35H50N4O3S/c40-33(17-8-7-15-32-16-10-28-43-32)36-23-24-37-34(41)18-9-19-35(42)39(30-13-5-2-6-14-30)31-21-26-38(27-22-31)25-20-29-11-3-1-4-12-29/h1-6,11-14,31-32H,7-10,15-28H2,(H,36,40)(H,37,41)/t32-/m0/s1. The quantitative estimate of drug-likeness (QED) is 0.230. The van der Waals surface area contributed by atoms with Crippen molar-refractivity contribution in [3.05, 3.63) is 66.2 Å². The number of likely N-dealkylation sites (tertiary alicyclic amines) is 1. The minimum Gasteiger partial charge on any atom is -0.354 e. The van der Waals surface area contributed by atoms with E-state index < -0.39 is 0 Å². The van der Waals surface area contributed by atoms with Gasteiger partial charge in [0.05, 0.1) is 0 Å². The predicted molar refractivity (Wildman–Crippen MR) is 177 cm³/mol. The molecule has 7 nitrogen and oxygen atoms in total. The van der Waals surface area contributed by atoms with Crippen LogP contribution in [0, 0.1) is 0 Å². The second kappa shape index (κ2) is 18.7. The summed E-state index contributed by atoms with van der Waals surface area (Å²) in [5.74, 6) is 1.35. The first-order chi connectivity index (χ1) is 21.1. The number of anilines is 1. The van der Waals surface area contributed by atoms with Crippen molar-refractivity contribution >= 4 is 35.2 Å². The summed E-state index contributed by atoms with van der Waals surface area (Å²) in [6.07, 6.45) is 10.6. The fourth-order valence-electron chi connectivity index (χ4n) is 6.11. The minimum absolute atomic E-state index is 0.0574. The summed E-state index contributed by atoms with van der Waals surface area (Å²) in [5, 5.41) is 6.58. The molecule has 0 bridgehead atoms. The number of carbonyl (C=O) groups is 3. The van der Waals surface area contributed by atoms with Crippen LogP contribution in [0.1, 0.15) is 76.2 Å². The number of hydrogen-bond donors (Lipinski definition) is 2. The van der Waals surface area contributed by atoms with E-state index >= 15 is 0 Å². The molecule has 2 saturated heterocycles. The average molecular weight is 607 g/mol. The molecule has 2 N–H and O–H groups in total. The van der Waals surface area contributed by atoms with Crippen LogP contribution in [0.4, 0.5) is 5.69 Å². The molecule has 2 aromatic rings. The van der Waals surface area contributed by atoms with Crippen LogP contribution in [0.25, 0.3) is 0 Å². The molecule has 0 unspecified atom stereocenters. The van der Waals surface area contributed by atoms with Gasteiger partial charge in [-0.25, -0.2) is 0 Å². The fraction of sp³-hybridized carbons (Fsp3) is 0.571. The topological polar surface area (TPSA) is 81.8 Å². The third kappa shape index (κ3) is 12.0. The van der Waals surface area contributed by atoms with Gasteiger partial charge in [0, 0.05) is 69.0 Å². The van der Waals surface area contributed by atoms with E-state index in [1.165, 1.54) is 30.6 Å². The zero-order valence-electron chi connectivity index (χ0n) is 25.7. The Balaban J connectivity index is 1.11. The average Bonchev–Trinajstić information content (AvgIpc) is 3.56. The second-order valence-corrected chi connectivity index (χ2v) is 13.3. The highest BCUT2D eigenvalue weighted by atomic mass is 32.2. The largest absolute Gasteiger partial charge is 0.354 e. The summed E-state index contributed by atoms with van der Waals surface area (Å²) in [5.41, 5.74) is 2.30. The Morgan fingerprint density at radius 2 is 1.44 bits per heavy atom. The molecule has 0 aliphatic carbocycles. The lowest BCUT2D eigenvalue weighted by molar-refractivity contribution is -0.123. The maximum absolute atomic E-state index is 13.5. The number of carbonyl (C=O) groups excluding carboxylic acids is 3. The number of para-hydroxylation sites is 1. The van der Waals surface area contributed by atoms with Gasteiger partial charge in [-0.3, -0.25) is 14.4 Å². The van der Waals surface area contributed by atoms with E-state index in [9.17, 15) is 14.4 Å². The Bertz CT molecular complexity index is 1100. The van der Waals surface area contributed by atoms with Crippen LogP contribution in [0.5, 0.6) is 0 Å². The van der Waals surface area contributed by atoms with Gasteiger partial charge in [0.1, 0.15) is 0 Å². The molecule has 1 atom stereocenters. The van der Waals surface area contributed by atoms with Crippen molar-refractivity contribution < 1.29 is 14.4 Å². The molecule has 2 heterocycles. The van der Waals surface area contributed by atoms with E-state index in [0.717, 1.165) is 62.7 Å². The molecule has 0 aromatic heterocycles. The van der Waals surface area contributed by atoms with Gasteiger partial charge in [-0.2, -0.15) is 11.8 Å². The number of rotatable bonds is 17. The van der Waals surface area contributed by atoms with Crippen molar-refractivity contribution in [2.75, 3.05) is 43.4 Å². The maximum atomic E-state index is 13.5. The number of unbranched alkanes of at least 4 members (excludes halogenated alkanes) is 1. The van der Waals surface area contributed by atoms with Crippen LogP contribution in [-0.2, 0) is 20.8 Å². The molecule has 0 radical (unpaired) electrons.